The van der Waals surface area contributed by atoms with Crippen molar-refractivity contribution >= 4 is 5.91 Å². The molecule has 3 aliphatic rings. The first-order chi connectivity index (χ1) is 11.6. The van der Waals surface area contributed by atoms with E-state index in [0.717, 1.165) is 17.8 Å². The number of carbonyl (C=O) groups is 1. The number of fused-ring (bicyclic) bond motifs is 3. The third-order valence-corrected chi connectivity index (χ3v) is 5.63. The smallest absolute Gasteiger partial charge is 0.251 e. The average molecular weight is 323 g/mol. The van der Waals surface area contributed by atoms with Crippen LogP contribution in [0.2, 0.25) is 0 Å². The first-order valence-corrected chi connectivity index (χ1v) is 8.90. The summed E-state index contributed by atoms with van der Waals surface area (Å²) in [6.07, 6.45) is 2.44. The molecule has 4 nitrogen and oxygen atoms in total. The maximum Gasteiger partial charge on any atom is 0.251 e. The Morgan fingerprint density at radius 3 is 2.17 bits per heavy atom. The number of hydrogen-bond donors (Lipinski definition) is 1. The minimum Gasteiger partial charge on any atom is -0.348 e. The SMILES string of the molecule is Cc1ccc(C)n1-c1ccc(C(=O)NC2CN3CCC2CC3)cc1. The molecule has 24 heavy (non-hydrogen) atoms. The molecule has 2 bridgehead atoms. The minimum absolute atomic E-state index is 0.0567. The molecule has 1 atom stereocenters. The molecule has 0 radical (unpaired) electrons. The topological polar surface area (TPSA) is 37.3 Å². The molecule has 1 aromatic carbocycles. The fourth-order valence-corrected chi connectivity index (χ4v) is 4.22. The normalized spacial score (nSPS) is 25.7. The van der Waals surface area contributed by atoms with Crippen LogP contribution in [-0.4, -0.2) is 41.1 Å². The third kappa shape index (κ3) is 2.75. The van der Waals surface area contributed by atoms with Crippen LogP contribution in [0.25, 0.3) is 5.69 Å². The van der Waals surface area contributed by atoms with E-state index >= 15 is 0 Å². The predicted molar refractivity (Wildman–Crippen MR) is 95.7 cm³/mol. The van der Waals surface area contributed by atoms with Gasteiger partial charge in [0.2, 0.25) is 0 Å². The van der Waals surface area contributed by atoms with E-state index in [2.05, 4.69) is 40.8 Å². The van der Waals surface area contributed by atoms with Gasteiger partial charge in [-0.3, -0.25) is 4.79 Å². The number of aromatic nitrogens is 1. The molecule has 1 amide bonds. The number of amides is 1. The highest BCUT2D eigenvalue weighted by atomic mass is 16.1. The predicted octanol–water partition coefficient (Wildman–Crippen LogP) is 2.92. The third-order valence-electron chi connectivity index (χ3n) is 5.63. The van der Waals surface area contributed by atoms with Crippen LogP contribution < -0.4 is 5.32 Å². The summed E-state index contributed by atoms with van der Waals surface area (Å²) < 4.78 is 2.20. The molecule has 126 valence electrons. The van der Waals surface area contributed by atoms with Crippen molar-refractivity contribution in [3.63, 3.8) is 0 Å². The first-order valence-electron chi connectivity index (χ1n) is 8.90. The van der Waals surface area contributed by atoms with E-state index in [4.69, 9.17) is 0 Å². The molecule has 0 spiro atoms. The lowest BCUT2D eigenvalue weighted by atomic mass is 9.84. The van der Waals surface area contributed by atoms with E-state index in [-0.39, 0.29) is 5.91 Å². The Kier molecular flexibility index (Phi) is 3.93. The second kappa shape index (κ2) is 6.10. The van der Waals surface area contributed by atoms with Gasteiger partial charge >= 0.3 is 0 Å². The van der Waals surface area contributed by atoms with Gasteiger partial charge in [0.05, 0.1) is 0 Å². The summed E-state index contributed by atoms with van der Waals surface area (Å²) in [4.78, 5) is 15.0. The summed E-state index contributed by atoms with van der Waals surface area (Å²) in [5.41, 5.74) is 4.26. The number of aryl methyl sites for hydroxylation is 2. The van der Waals surface area contributed by atoms with Crippen molar-refractivity contribution in [1.29, 1.82) is 0 Å². The lowest BCUT2D eigenvalue weighted by Crippen LogP contribution is -2.57. The lowest BCUT2D eigenvalue weighted by Gasteiger charge is -2.44. The Labute approximate surface area is 143 Å². The Bertz CT molecular complexity index is 719. The van der Waals surface area contributed by atoms with E-state index in [0.29, 0.717) is 12.0 Å². The van der Waals surface area contributed by atoms with Gasteiger partial charge in [-0.05, 0) is 82.1 Å². The van der Waals surface area contributed by atoms with Crippen molar-refractivity contribution in [2.45, 2.75) is 32.7 Å². The van der Waals surface area contributed by atoms with Crippen LogP contribution in [0.3, 0.4) is 0 Å². The van der Waals surface area contributed by atoms with E-state index in [1.165, 1.54) is 37.3 Å². The number of rotatable bonds is 3. The molecule has 5 rings (SSSR count). The van der Waals surface area contributed by atoms with Crippen molar-refractivity contribution in [1.82, 2.24) is 14.8 Å². The Balaban J connectivity index is 1.48. The Morgan fingerprint density at radius 1 is 1.00 bits per heavy atom. The van der Waals surface area contributed by atoms with Gasteiger partial charge in [0.25, 0.3) is 5.91 Å². The number of carbonyl (C=O) groups excluding carboxylic acids is 1. The first kappa shape index (κ1) is 15.5. The molecule has 2 aromatic rings. The van der Waals surface area contributed by atoms with Crippen LogP contribution in [0.1, 0.15) is 34.6 Å². The molecule has 0 saturated carbocycles. The summed E-state index contributed by atoms with van der Waals surface area (Å²) >= 11 is 0. The largest absolute Gasteiger partial charge is 0.348 e. The van der Waals surface area contributed by atoms with Gasteiger partial charge in [0.1, 0.15) is 0 Å². The maximum atomic E-state index is 12.6. The molecule has 0 aliphatic carbocycles. The van der Waals surface area contributed by atoms with Gasteiger partial charge in [0.15, 0.2) is 0 Å². The summed E-state index contributed by atoms with van der Waals surface area (Å²) in [5.74, 6) is 0.713. The van der Waals surface area contributed by atoms with Gasteiger partial charge in [0, 0.05) is 35.2 Å². The zero-order valence-corrected chi connectivity index (χ0v) is 14.5. The summed E-state index contributed by atoms with van der Waals surface area (Å²) in [6, 6.07) is 12.5. The van der Waals surface area contributed by atoms with E-state index in [9.17, 15) is 4.79 Å². The number of benzene rings is 1. The van der Waals surface area contributed by atoms with Crippen LogP contribution in [0, 0.1) is 19.8 Å². The fourth-order valence-electron chi connectivity index (χ4n) is 4.22. The van der Waals surface area contributed by atoms with Gasteiger partial charge in [-0.1, -0.05) is 0 Å². The van der Waals surface area contributed by atoms with Crippen LogP contribution in [0.5, 0.6) is 0 Å². The highest BCUT2D eigenvalue weighted by molar-refractivity contribution is 5.94. The Hall–Kier alpha value is -2.07. The molecule has 3 saturated heterocycles. The number of nitrogens with zero attached hydrogens (tertiary/aromatic N) is 2. The average Bonchev–Trinajstić information content (AvgIpc) is 2.95. The van der Waals surface area contributed by atoms with Crippen LogP contribution in [0.4, 0.5) is 0 Å². The van der Waals surface area contributed by atoms with Crippen molar-refractivity contribution in [3.8, 4) is 5.69 Å². The van der Waals surface area contributed by atoms with Crippen LogP contribution in [-0.2, 0) is 0 Å². The van der Waals surface area contributed by atoms with Gasteiger partial charge in [-0.2, -0.15) is 0 Å². The standard InChI is InChI=1S/C20H25N3O/c1-14-3-4-15(2)23(14)18-7-5-17(6-8-18)20(24)21-19-13-22-11-9-16(19)10-12-22/h3-8,16,19H,9-13H2,1-2H3,(H,21,24). The van der Waals surface area contributed by atoms with Crippen molar-refractivity contribution in [2.24, 2.45) is 5.92 Å². The number of hydrogen-bond acceptors (Lipinski definition) is 2. The summed E-state index contributed by atoms with van der Waals surface area (Å²) in [7, 11) is 0. The molecule has 1 unspecified atom stereocenters. The van der Waals surface area contributed by atoms with Gasteiger partial charge in [-0.15, -0.1) is 0 Å². The molecular formula is C20H25N3O. The second-order valence-corrected chi connectivity index (χ2v) is 7.22. The fraction of sp³-hybridized carbons (Fsp3) is 0.450. The van der Waals surface area contributed by atoms with Crippen LogP contribution in [0.15, 0.2) is 36.4 Å². The van der Waals surface area contributed by atoms with E-state index < -0.39 is 0 Å². The summed E-state index contributed by atoms with van der Waals surface area (Å²) in [6.45, 7) is 7.60. The zero-order valence-electron chi connectivity index (χ0n) is 14.5. The minimum atomic E-state index is 0.0567. The quantitative estimate of drug-likeness (QED) is 0.943. The molecule has 4 heterocycles. The van der Waals surface area contributed by atoms with Crippen molar-refractivity contribution < 1.29 is 4.79 Å². The monoisotopic (exact) mass is 323 g/mol. The summed E-state index contributed by atoms with van der Waals surface area (Å²) in [5, 5.41) is 3.26. The van der Waals surface area contributed by atoms with Crippen molar-refractivity contribution in [2.75, 3.05) is 19.6 Å². The number of piperidine rings is 3. The lowest BCUT2D eigenvalue weighted by molar-refractivity contribution is 0.0620. The Morgan fingerprint density at radius 2 is 1.62 bits per heavy atom. The van der Waals surface area contributed by atoms with Crippen LogP contribution >= 0.6 is 0 Å². The van der Waals surface area contributed by atoms with Gasteiger partial charge < -0.3 is 14.8 Å². The maximum absolute atomic E-state index is 12.6. The van der Waals surface area contributed by atoms with Gasteiger partial charge in [-0.25, -0.2) is 0 Å². The highest BCUT2D eigenvalue weighted by Crippen LogP contribution is 2.27. The molecule has 3 aliphatic heterocycles. The molecule has 3 fully saturated rings. The van der Waals surface area contributed by atoms with E-state index in [1.807, 2.05) is 24.3 Å². The second-order valence-electron chi connectivity index (χ2n) is 7.22. The molecule has 1 N–H and O–H groups in total. The zero-order chi connectivity index (χ0) is 16.7. The molecule has 4 heteroatoms. The molecular weight excluding hydrogens is 298 g/mol. The van der Waals surface area contributed by atoms with Crippen molar-refractivity contribution in [3.05, 3.63) is 53.3 Å². The molecule has 1 aromatic heterocycles. The van der Waals surface area contributed by atoms with E-state index in [1.54, 1.807) is 0 Å². The highest BCUT2D eigenvalue weighted by Gasteiger charge is 2.34. The number of nitrogens with one attached hydrogen (secondary N) is 1.